The van der Waals surface area contributed by atoms with Crippen LogP contribution in [0.5, 0.6) is 0 Å². The second-order valence-corrected chi connectivity index (χ2v) is 10.0. The van der Waals surface area contributed by atoms with Gasteiger partial charge in [-0.3, -0.25) is 9.36 Å². The molecule has 2 N–H and O–H groups in total. The van der Waals surface area contributed by atoms with Gasteiger partial charge in [0, 0.05) is 0 Å². The molecule has 11 heteroatoms. The largest absolute Gasteiger partial charge is 0.463 e. The lowest BCUT2D eigenvalue weighted by Gasteiger charge is -2.25. The van der Waals surface area contributed by atoms with Crippen LogP contribution in [0, 0.1) is 11.3 Å². The molecule has 4 rings (SSSR count). The van der Waals surface area contributed by atoms with Crippen molar-refractivity contribution in [3.05, 3.63) is 92.7 Å². The number of hydrogen-bond donors (Lipinski definition) is 1. The second-order valence-electron chi connectivity index (χ2n) is 7.38. The van der Waals surface area contributed by atoms with Gasteiger partial charge in [-0.2, -0.15) is 5.26 Å². The Hall–Kier alpha value is -2.73. The minimum Gasteiger partial charge on any atom is -0.463 e. The maximum absolute atomic E-state index is 13.4. The minimum absolute atomic E-state index is 0.0138. The number of nitrogens with two attached hydrogens (primary N) is 1. The Bertz CT molecular complexity index is 1630. The van der Waals surface area contributed by atoms with Crippen molar-refractivity contribution in [2.24, 2.45) is 5.73 Å². The van der Waals surface area contributed by atoms with Gasteiger partial charge in [-0.05, 0) is 48.4 Å². The zero-order valence-electron chi connectivity index (χ0n) is 17.9. The van der Waals surface area contributed by atoms with E-state index in [-0.39, 0.29) is 37.8 Å². The van der Waals surface area contributed by atoms with Gasteiger partial charge in [0.2, 0.25) is 0 Å². The smallest absolute Gasteiger partial charge is 0.338 e. The summed E-state index contributed by atoms with van der Waals surface area (Å²) in [5, 5.41) is 11.3. The molecule has 0 unspecified atom stereocenters. The van der Waals surface area contributed by atoms with Gasteiger partial charge in [-0.15, -0.1) is 11.3 Å². The molecule has 0 fully saturated rings. The number of carbonyl (C=O) groups is 1. The molecule has 0 saturated heterocycles. The molecule has 0 aliphatic carbocycles. The van der Waals surface area contributed by atoms with Gasteiger partial charge in [0.1, 0.15) is 10.5 Å². The molecule has 0 radical (unpaired) electrons. The first-order valence-corrected chi connectivity index (χ1v) is 12.5. The molecule has 1 aliphatic heterocycles. The summed E-state index contributed by atoms with van der Waals surface area (Å²) in [5.74, 6) is -1.67. The van der Waals surface area contributed by atoms with E-state index in [1.54, 1.807) is 49.4 Å². The molecule has 6 nitrogen and oxygen atoms in total. The van der Waals surface area contributed by atoms with Crippen molar-refractivity contribution in [1.82, 2.24) is 4.57 Å². The Balaban J connectivity index is 2.09. The highest BCUT2D eigenvalue weighted by molar-refractivity contribution is 7.07. The number of rotatable bonds is 4. The van der Waals surface area contributed by atoms with Crippen molar-refractivity contribution >= 4 is 81.2 Å². The molecule has 35 heavy (non-hydrogen) atoms. The monoisotopic (exact) mass is 565 g/mol. The van der Waals surface area contributed by atoms with Crippen molar-refractivity contribution in [1.29, 1.82) is 5.26 Å². The number of allylic oxidation sites excluding steroid dienone is 1. The second kappa shape index (κ2) is 10.1. The molecule has 178 valence electrons. The van der Waals surface area contributed by atoms with Crippen LogP contribution in [-0.2, 0) is 9.53 Å². The molecule has 0 saturated carbocycles. The van der Waals surface area contributed by atoms with E-state index in [1.165, 1.54) is 0 Å². The van der Waals surface area contributed by atoms with Crippen molar-refractivity contribution in [2.45, 2.75) is 12.8 Å². The molecule has 1 aromatic heterocycles. The van der Waals surface area contributed by atoms with E-state index in [4.69, 9.17) is 56.9 Å². The van der Waals surface area contributed by atoms with Crippen LogP contribution in [0.1, 0.15) is 24.0 Å². The molecule has 0 spiro atoms. The number of aromatic nitrogens is 1. The average molecular weight is 567 g/mol. The number of hydrogen-bond acceptors (Lipinski definition) is 6. The van der Waals surface area contributed by atoms with Crippen molar-refractivity contribution in [2.75, 3.05) is 6.61 Å². The van der Waals surface area contributed by atoms with Crippen LogP contribution in [-0.4, -0.2) is 17.1 Å². The third-order valence-electron chi connectivity index (χ3n) is 5.28. The van der Waals surface area contributed by atoms with Crippen LogP contribution < -0.4 is 20.5 Å². The first-order chi connectivity index (χ1) is 16.7. The van der Waals surface area contributed by atoms with Crippen molar-refractivity contribution in [3.8, 4) is 6.07 Å². The minimum atomic E-state index is -0.912. The topological polar surface area (TPSA) is 98.1 Å². The molecule has 1 atom stereocenters. The van der Waals surface area contributed by atoms with Crippen LogP contribution in [0.2, 0.25) is 20.1 Å². The van der Waals surface area contributed by atoms with E-state index in [1.807, 2.05) is 0 Å². The Morgan fingerprint density at radius 2 is 1.80 bits per heavy atom. The van der Waals surface area contributed by atoms with Gasteiger partial charge >= 0.3 is 5.97 Å². The van der Waals surface area contributed by atoms with E-state index >= 15 is 0 Å². The summed E-state index contributed by atoms with van der Waals surface area (Å²) in [6, 6.07) is 11.7. The first kappa shape index (κ1) is 25.4. The first-order valence-electron chi connectivity index (χ1n) is 10.1. The van der Waals surface area contributed by atoms with E-state index in [0.29, 0.717) is 26.2 Å². The van der Waals surface area contributed by atoms with Crippen LogP contribution >= 0.6 is 57.7 Å². The predicted octanol–water partition coefficient (Wildman–Crippen LogP) is 4.51. The number of fused-ring (bicyclic) bond motifs is 1. The lowest BCUT2D eigenvalue weighted by Crippen LogP contribution is -2.40. The summed E-state index contributed by atoms with van der Waals surface area (Å²) < 4.78 is 7.00. The molecule has 1 aliphatic rings. The third-order valence-corrected chi connectivity index (χ3v) is 7.87. The molecular formula is C24H15Cl4N3O3S. The molecule has 0 bridgehead atoms. The Kier molecular flexibility index (Phi) is 7.32. The standard InChI is InChI=1S/C24H15Cl4N3O3S/c1-2-34-24(33)20-19(12-4-6-15(26)17(28)9-12)13(10-29)21(30)31-22(32)18(35-23(20)31)8-11-3-5-14(25)16(27)7-11/h3-9,19H,2,30H2,1H3/b18-8-/t19-/m0/s1. The number of nitriles is 1. The quantitative estimate of drug-likeness (QED) is 0.468. The number of thiazole rings is 1. The van der Waals surface area contributed by atoms with E-state index < -0.39 is 17.4 Å². The Labute approximate surface area is 223 Å². The predicted molar refractivity (Wildman–Crippen MR) is 140 cm³/mol. The fraction of sp³-hybridized carbons (Fsp3) is 0.125. The van der Waals surface area contributed by atoms with Gasteiger partial charge in [0.25, 0.3) is 5.56 Å². The van der Waals surface area contributed by atoms with Gasteiger partial charge in [-0.1, -0.05) is 58.5 Å². The van der Waals surface area contributed by atoms with Crippen LogP contribution in [0.25, 0.3) is 17.5 Å². The highest BCUT2D eigenvalue weighted by Gasteiger charge is 2.36. The van der Waals surface area contributed by atoms with Crippen LogP contribution in [0.15, 0.2) is 46.8 Å². The summed E-state index contributed by atoms with van der Waals surface area (Å²) >= 11 is 25.5. The molecule has 2 heterocycles. The van der Waals surface area contributed by atoms with Crippen molar-refractivity contribution < 1.29 is 9.53 Å². The van der Waals surface area contributed by atoms with Gasteiger partial charge in [-0.25, -0.2) is 4.79 Å². The number of nitrogens with zero attached hydrogens (tertiary/aromatic N) is 2. The van der Waals surface area contributed by atoms with Gasteiger partial charge < -0.3 is 10.5 Å². The Morgan fingerprint density at radius 1 is 1.14 bits per heavy atom. The summed E-state index contributed by atoms with van der Waals surface area (Å²) in [5.41, 5.74) is 7.09. The zero-order chi connectivity index (χ0) is 25.4. The SMILES string of the molecule is CCOC(=O)C1=c2s/c(=C\c3ccc(Cl)c(Cl)c3)c(=O)n2C(N)=C(C#N)[C@@H]1c1ccc(Cl)c(Cl)c1. The number of ether oxygens (including phenoxy) is 1. The molecule has 3 aromatic rings. The zero-order valence-corrected chi connectivity index (χ0v) is 21.8. The number of halogens is 4. The average Bonchev–Trinajstić information content (AvgIpc) is 3.14. The maximum atomic E-state index is 13.4. The number of carbonyl (C=O) groups excluding carboxylic acids is 1. The fourth-order valence-corrected chi connectivity index (χ4v) is 5.51. The lowest BCUT2D eigenvalue weighted by molar-refractivity contribution is -0.136. The normalized spacial score (nSPS) is 15.7. The molecular weight excluding hydrogens is 552 g/mol. The maximum Gasteiger partial charge on any atom is 0.338 e. The third kappa shape index (κ3) is 4.61. The highest BCUT2D eigenvalue weighted by Crippen LogP contribution is 2.38. The molecule has 2 aromatic carbocycles. The Morgan fingerprint density at radius 3 is 2.40 bits per heavy atom. The highest BCUT2D eigenvalue weighted by atomic mass is 35.5. The fourth-order valence-electron chi connectivity index (χ4n) is 3.73. The van der Waals surface area contributed by atoms with E-state index in [9.17, 15) is 14.9 Å². The van der Waals surface area contributed by atoms with Gasteiger partial charge in [0.05, 0.1) is 54.4 Å². The molecule has 0 amide bonds. The van der Waals surface area contributed by atoms with E-state index in [2.05, 4.69) is 6.07 Å². The summed E-state index contributed by atoms with van der Waals surface area (Å²) in [6.07, 6.45) is 1.61. The summed E-state index contributed by atoms with van der Waals surface area (Å²) in [4.78, 5) is 26.5. The number of esters is 1. The van der Waals surface area contributed by atoms with Gasteiger partial charge in [0.15, 0.2) is 0 Å². The summed E-state index contributed by atoms with van der Waals surface area (Å²) in [6.45, 7) is 1.76. The van der Waals surface area contributed by atoms with Crippen molar-refractivity contribution in [3.63, 3.8) is 0 Å². The summed E-state index contributed by atoms with van der Waals surface area (Å²) in [7, 11) is 0. The van der Waals surface area contributed by atoms with E-state index in [0.717, 1.165) is 15.9 Å². The van der Waals surface area contributed by atoms with Crippen LogP contribution in [0.4, 0.5) is 0 Å². The van der Waals surface area contributed by atoms with Crippen LogP contribution in [0.3, 0.4) is 0 Å². The number of benzene rings is 2. The lowest BCUT2D eigenvalue weighted by atomic mass is 9.84.